The molecule has 3 fully saturated rings. The number of fused-ring (bicyclic) bond motifs is 2. The molecule has 0 spiro atoms. The third-order valence-corrected chi connectivity index (χ3v) is 7.51. The first-order valence-electron chi connectivity index (χ1n) is 12.5. The van der Waals surface area contributed by atoms with Crippen LogP contribution in [0.15, 0.2) is 30.7 Å². The van der Waals surface area contributed by atoms with Crippen molar-refractivity contribution in [1.82, 2.24) is 30.2 Å². The molecule has 6 heterocycles. The molecular weight excluding hydrogens is 426 g/mol. The molecule has 4 aromatic heterocycles. The van der Waals surface area contributed by atoms with Crippen LogP contribution in [0.3, 0.4) is 0 Å². The lowest BCUT2D eigenvalue weighted by Gasteiger charge is -2.30. The van der Waals surface area contributed by atoms with Gasteiger partial charge in [-0.3, -0.25) is 4.98 Å². The van der Waals surface area contributed by atoms with Gasteiger partial charge in [0.05, 0.1) is 11.7 Å². The topological polar surface area (TPSA) is 91.9 Å². The van der Waals surface area contributed by atoms with Gasteiger partial charge in [-0.05, 0) is 49.3 Å². The number of rotatable bonds is 4. The van der Waals surface area contributed by atoms with Crippen molar-refractivity contribution in [2.45, 2.75) is 37.5 Å². The van der Waals surface area contributed by atoms with E-state index < -0.39 is 0 Å². The molecular formula is C26H29N7O. The molecule has 0 unspecified atom stereocenters. The van der Waals surface area contributed by atoms with E-state index in [1.807, 2.05) is 24.7 Å². The summed E-state index contributed by atoms with van der Waals surface area (Å²) in [7, 11) is 0. The van der Waals surface area contributed by atoms with Crippen LogP contribution in [0.2, 0.25) is 0 Å². The molecule has 4 aromatic rings. The number of hydrogen-bond acceptors (Lipinski definition) is 7. The fourth-order valence-corrected chi connectivity index (χ4v) is 5.49. The minimum atomic E-state index is 0.482. The molecule has 7 rings (SSSR count). The van der Waals surface area contributed by atoms with Gasteiger partial charge in [0, 0.05) is 79.7 Å². The summed E-state index contributed by atoms with van der Waals surface area (Å²) >= 11 is 0. The van der Waals surface area contributed by atoms with Crippen molar-refractivity contribution >= 4 is 27.8 Å². The van der Waals surface area contributed by atoms with Gasteiger partial charge < -0.3 is 19.9 Å². The quantitative estimate of drug-likeness (QED) is 0.484. The molecule has 0 atom stereocenters. The van der Waals surface area contributed by atoms with Gasteiger partial charge >= 0.3 is 0 Å². The van der Waals surface area contributed by atoms with Gasteiger partial charge in [0.25, 0.3) is 0 Å². The standard InChI is InChI=1S/C26H29N7O/c1-2-16(1)20-14-28-15-22-23(20)26(33-9-7-27-8-10-33)32-25(31-22)18-3-6-29-24-19(18)13-21(30-24)17-4-11-34-12-5-17/h3,6,13-17,27H,1-2,4-5,7-12H2,(H,29,30). The minimum Gasteiger partial charge on any atom is -0.381 e. The first-order valence-corrected chi connectivity index (χ1v) is 12.5. The Bertz CT molecular complexity index is 1350. The molecule has 3 aliphatic rings. The molecule has 2 N–H and O–H groups in total. The molecule has 8 heteroatoms. The van der Waals surface area contributed by atoms with Crippen LogP contribution in [0.5, 0.6) is 0 Å². The van der Waals surface area contributed by atoms with Crippen LogP contribution >= 0.6 is 0 Å². The Hall–Kier alpha value is -3.10. The predicted octanol–water partition coefficient (Wildman–Crippen LogP) is 3.75. The Morgan fingerprint density at radius 3 is 2.65 bits per heavy atom. The number of pyridine rings is 2. The molecule has 2 aliphatic heterocycles. The number of hydrogen-bond donors (Lipinski definition) is 2. The fraction of sp³-hybridized carbons (Fsp3) is 0.462. The molecule has 0 radical (unpaired) electrons. The van der Waals surface area contributed by atoms with Crippen molar-refractivity contribution in [3.05, 3.63) is 42.0 Å². The van der Waals surface area contributed by atoms with Crippen molar-refractivity contribution in [1.29, 1.82) is 0 Å². The highest BCUT2D eigenvalue weighted by Crippen LogP contribution is 2.45. The van der Waals surface area contributed by atoms with E-state index in [-0.39, 0.29) is 0 Å². The van der Waals surface area contributed by atoms with Crippen LogP contribution in [-0.4, -0.2) is 64.3 Å². The maximum absolute atomic E-state index is 5.57. The van der Waals surface area contributed by atoms with Gasteiger partial charge in [-0.2, -0.15) is 0 Å². The third kappa shape index (κ3) is 3.52. The Kier molecular flexibility index (Phi) is 4.94. The number of piperazine rings is 1. The summed E-state index contributed by atoms with van der Waals surface area (Å²) in [6.07, 6.45) is 10.3. The number of nitrogens with zero attached hydrogens (tertiary/aromatic N) is 5. The zero-order valence-electron chi connectivity index (χ0n) is 19.3. The lowest BCUT2D eigenvalue weighted by Crippen LogP contribution is -2.44. The van der Waals surface area contributed by atoms with E-state index in [9.17, 15) is 0 Å². The Labute approximate surface area is 198 Å². The smallest absolute Gasteiger partial charge is 0.163 e. The van der Waals surface area contributed by atoms with Gasteiger partial charge in [0.1, 0.15) is 11.5 Å². The van der Waals surface area contributed by atoms with Crippen LogP contribution in [0.1, 0.15) is 48.8 Å². The fourth-order valence-electron chi connectivity index (χ4n) is 5.49. The molecule has 1 aliphatic carbocycles. The average Bonchev–Trinajstić information content (AvgIpc) is 3.66. The van der Waals surface area contributed by atoms with Gasteiger partial charge in [-0.25, -0.2) is 15.0 Å². The van der Waals surface area contributed by atoms with Gasteiger partial charge in [0.2, 0.25) is 0 Å². The zero-order chi connectivity index (χ0) is 22.5. The van der Waals surface area contributed by atoms with E-state index in [2.05, 4.69) is 31.2 Å². The van der Waals surface area contributed by atoms with E-state index in [0.29, 0.717) is 11.8 Å². The van der Waals surface area contributed by atoms with Crippen molar-refractivity contribution in [3.63, 3.8) is 0 Å². The van der Waals surface area contributed by atoms with Crippen molar-refractivity contribution in [2.24, 2.45) is 0 Å². The Balaban J connectivity index is 1.39. The lowest BCUT2D eigenvalue weighted by atomic mass is 9.96. The number of nitrogens with one attached hydrogen (secondary N) is 2. The van der Waals surface area contributed by atoms with Crippen LogP contribution in [0.25, 0.3) is 33.3 Å². The Morgan fingerprint density at radius 1 is 0.971 bits per heavy atom. The maximum atomic E-state index is 5.57. The maximum Gasteiger partial charge on any atom is 0.163 e. The van der Waals surface area contributed by atoms with Crippen LogP contribution in [0, 0.1) is 0 Å². The van der Waals surface area contributed by atoms with Gasteiger partial charge in [0.15, 0.2) is 5.82 Å². The highest BCUT2D eigenvalue weighted by Gasteiger charge is 2.29. The SMILES string of the molecule is c1cc(-c2nc(N3CCNCC3)c3c(C4CC4)cncc3n2)c2cc(C3CCOCC3)[nH]c2n1. The summed E-state index contributed by atoms with van der Waals surface area (Å²) < 4.78 is 5.57. The van der Waals surface area contributed by atoms with Crippen molar-refractivity contribution in [2.75, 3.05) is 44.3 Å². The minimum absolute atomic E-state index is 0.482. The summed E-state index contributed by atoms with van der Waals surface area (Å²) in [4.78, 5) is 25.5. The summed E-state index contributed by atoms with van der Waals surface area (Å²) in [5, 5.41) is 5.74. The summed E-state index contributed by atoms with van der Waals surface area (Å²) in [5.74, 6) is 2.87. The van der Waals surface area contributed by atoms with E-state index in [1.165, 1.54) is 29.5 Å². The van der Waals surface area contributed by atoms with E-state index in [4.69, 9.17) is 14.7 Å². The van der Waals surface area contributed by atoms with Crippen molar-refractivity contribution < 1.29 is 4.74 Å². The molecule has 0 amide bonds. The second-order valence-electron chi connectivity index (χ2n) is 9.74. The normalized spacial score (nSPS) is 19.8. The first-order chi connectivity index (χ1) is 16.8. The van der Waals surface area contributed by atoms with Crippen LogP contribution < -0.4 is 10.2 Å². The zero-order valence-corrected chi connectivity index (χ0v) is 19.3. The molecule has 0 bridgehead atoms. The summed E-state index contributed by atoms with van der Waals surface area (Å²) in [5.41, 5.74) is 5.40. The number of H-pyrrole nitrogens is 1. The Morgan fingerprint density at radius 2 is 1.82 bits per heavy atom. The molecule has 2 saturated heterocycles. The van der Waals surface area contributed by atoms with E-state index >= 15 is 0 Å². The number of anilines is 1. The molecule has 1 saturated carbocycles. The molecule has 174 valence electrons. The van der Waals surface area contributed by atoms with Crippen LogP contribution in [-0.2, 0) is 4.74 Å². The molecule has 0 aromatic carbocycles. The second kappa shape index (κ2) is 8.29. The lowest BCUT2D eigenvalue weighted by molar-refractivity contribution is 0.0846. The van der Waals surface area contributed by atoms with Crippen molar-refractivity contribution in [3.8, 4) is 11.4 Å². The second-order valence-corrected chi connectivity index (χ2v) is 9.74. The average molecular weight is 456 g/mol. The monoisotopic (exact) mass is 455 g/mol. The largest absolute Gasteiger partial charge is 0.381 e. The van der Waals surface area contributed by atoms with E-state index in [1.54, 1.807) is 0 Å². The predicted molar refractivity (Wildman–Crippen MR) is 132 cm³/mol. The molecule has 8 nitrogen and oxygen atoms in total. The number of aromatic nitrogens is 5. The number of ether oxygens (including phenoxy) is 1. The van der Waals surface area contributed by atoms with Crippen LogP contribution in [0.4, 0.5) is 5.82 Å². The third-order valence-electron chi connectivity index (χ3n) is 7.51. The summed E-state index contributed by atoms with van der Waals surface area (Å²) in [6, 6.07) is 4.30. The molecule has 34 heavy (non-hydrogen) atoms. The van der Waals surface area contributed by atoms with Gasteiger partial charge in [-0.1, -0.05) is 0 Å². The van der Waals surface area contributed by atoms with E-state index in [0.717, 1.165) is 86.0 Å². The van der Waals surface area contributed by atoms with Gasteiger partial charge in [-0.15, -0.1) is 0 Å². The summed E-state index contributed by atoms with van der Waals surface area (Å²) in [6.45, 7) is 5.47. The number of aromatic amines is 1. The highest BCUT2D eigenvalue weighted by molar-refractivity contribution is 5.97. The first kappa shape index (κ1) is 20.3. The highest BCUT2D eigenvalue weighted by atomic mass is 16.5.